The summed E-state index contributed by atoms with van der Waals surface area (Å²) in [6, 6.07) is 0. The van der Waals surface area contributed by atoms with E-state index >= 15 is 0 Å². The summed E-state index contributed by atoms with van der Waals surface area (Å²) in [5.74, 6) is 1.25. The number of nitrogens with zero attached hydrogens (tertiary/aromatic N) is 2. The summed E-state index contributed by atoms with van der Waals surface area (Å²) in [6.07, 6.45) is 12.1. The molecule has 1 saturated carbocycles. The SMILES string of the molecule is Cn1ccnc1CC1(C(C)(C)C)CCCCC1. The Morgan fingerprint density at radius 2 is 1.88 bits per heavy atom. The molecule has 1 aliphatic rings. The van der Waals surface area contributed by atoms with Crippen LogP contribution in [0.5, 0.6) is 0 Å². The van der Waals surface area contributed by atoms with Gasteiger partial charge in [-0.25, -0.2) is 4.98 Å². The van der Waals surface area contributed by atoms with E-state index in [0.29, 0.717) is 10.8 Å². The molecule has 2 heteroatoms. The lowest BCUT2D eigenvalue weighted by molar-refractivity contribution is 0.0365. The maximum Gasteiger partial charge on any atom is 0.108 e. The van der Waals surface area contributed by atoms with Gasteiger partial charge >= 0.3 is 0 Å². The average molecular weight is 234 g/mol. The van der Waals surface area contributed by atoms with Crippen LogP contribution in [0.3, 0.4) is 0 Å². The van der Waals surface area contributed by atoms with Crippen molar-refractivity contribution < 1.29 is 0 Å². The third-order valence-corrected chi connectivity index (χ3v) is 4.82. The maximum absolute atomic E-state index is 4.53. The largest absolute Gasteiger partial charge is 0.338 e. The zero-order chi connectivity index (χ0) is 12.5. The zero-order valence-corrected chi connectivity index (χ0v) is 11.8. The van der Waals surface area contributed by atoms with E-state index in [9.17, 15) is 0 Å². The highest BCUT2D eigenvalue weighted by molar-refractivity contribution is 5.02. The number of hydrogen-bond donors (Lipinski definition) is 0. The quantitative estimate of drug-likeness (QED) is 0.757. The second-order valence-electron chi connectivity index (χ2n) is 6.72. The molecule has 0 unspecified atom stereocenters. The van der Waals surface area contributed by atoms with Crippen molar-refractivity contribution in [1.29, 1.82) is 0 Å². The summed E-state index contributed by atoms with van der Waals surface area (Å²) in [7, 11) is 2.11. The molecule has 0 amide bonds. The van der Waals surface area contributed by atoms with Gasteiger partial charge in [-0.05, 0) is 23.7 Å². The topological polar surface area (TPSA) is 17.8 Å². The molecular formula is C15H26N2. The van der Waals surface area contributed by atoms with Crippen molar-refractivity contribution in [3.63, 3.8) is 0 Å². The molecule has 1 aliphatic carbocycles. The number of aryl methyl sites for hydroxylation is 1. The first-order chi connectivity index (χ1) is 7.95. The lowest BCUT2D eigenvalue weighted by Crippen LogP contribution is -2.40. The molecule has 1 aromatic rings. The molecular weight excluding hydrogens is 208 g/mol. The Morgan fingerprint density at radius 1 is 1.24 bits per heavy atom. The predicted molar refractivity (Wildman–Crippen MR) is 71.9 cm³/mol. The summed E-state index contributed by atoms with van der Waals surface area (Å²) in [5, 5.41) is 0. The molecule has 0 aliphatic heterocycles. The van der Waals surface area contributed by atoms with Gasteiger partial charge < -0.3 is 4.57 Å². The van der Waals surface area contributed by atoms with Crippen LogP contribution in [0.25, 0.3) is 0 Å². The molecule has 0 bridgehead atoms. The molecule has 2 rings (SSSR count). The zero-order valence-electron chi connectivity index (χ0n) is 11.8. The monoisotopic (exact) mass is 234 g/mol. The van der Waals surface area contributed by atoms with E-state index < -0.39 is 0 Å². The molecule has 0 saturated heterocycles. The van der Waals surface area contributed by atoms with Gasteiger partial charge in [-0.1, -0.05) is 40.0 Å². The van der Waals surface area contributed by atoms with E-state index in [1.165, 1.54) is 37.9 Å². The minimum Gasteiger partial charge on any atom is -0.338 e. The van der Waals surface area contributed by atoms with Crippen LogP contribution in [-0.2, 0) is 13.5 Å². The summed E-state index contributed by atoms with van der Waals surface area (Å²) < 4.78 is 2.18. The highest BCUT2D eigenvalue weighted by Crippen LogP contribution is 2.51. The first kappa shape index (κ1) is 12.7. The van der Waals surface area contributed by atoms with E-state index in [1.807, 2.05) is 6.20 Å². The van der Waals surface area contributed by atoms with E-state index in [2.05, 4.69) is 43.6 Å². The molecule has 1 fully saturated rings. The van der Waals surface area contributed by atoms with Gasteiger partial charge in [0.2, 0.25) is 0 Å². The fourth-order valence-electron chi connectivity index (χ4n) is 3.29. The fourth-order valence-corrected chi connectivity index (χ4v) is 3.29. The molecule has 1 aromatic heterocycles. The lowest BCUT2D eigenvalue weighted by atomic mass is 9.57. The second kappa shape index (κ2) is 4.47. The highest BCUT2D eigenvalue weighted by Gasteiger charge is 2.43. The predicted octanol–water partition coefficient (Wildman–Crippen LogP) is 3.96. The Labute approximate surface area is 105 Å². The van der Waals surface area contributed by atoms with Gasteiger partial charge in [0.25, 0.3) is 0 Å². The van der Waals surface area contributed by atoms with Gasteiger partial charge in [0.15, 0.2) is 0 Å². The highest BCUT2D eigenvalue weighted by atomic mass is 15.0. The average Bonchev–Trinajstić information content (AvgIpc) is 2.64. The van der Waals surface area contributed by atoms with E-state index in [1.54, 1.807) is 0 Å². The lowest BCUT2D eigenvalue weighted by Gasteiger charge is -2.47. The summed E-state index contributed by atoms with van der Waals surface area (Å²) in [6.45, 7) is 7.21. The molecule has 0 radical (unpaired) electrons. The van der Waals surface area contributed by atoms with Crippen LogP contribution >= 0.6 is 0 Å². The van der Waals surface area contributed by atoms with Crippen molar-refractivity contribution in [1.82, 2.24) is 9.55 Å². The summed E-state index contributed by atoms with van der Waals surface area (Å²) in [4.78, 5) is 4.53. The standard InChI is InChI=1S/C15H26N2/c1-14(2,3)15(8-6-5-7-9-15)12-13-16-10-11-17(13)4/h10-11H,5-9,12H2,1-4H3. The van der Waals surface area contributed by atoms with Gasteiger partial charge in [0, 0.05) is 25.9 Å². The first-order valence-corrected chi connectivity index (χ1v) is 6.91. The maximum atomic E-state index is 4.53. The van der Waals surface area contributed by atoms with Crippen molar-refractivity contribution in [2.24, 2.45) is 17.9 Å². The van der Waals surface area contributed by atoms with Crippen LogP contribution < -0.4 is 0 Å². The van der Waals surface area contributed by atoms with Crippen LogP contribution in [0.2, 0.25) is 0 Å². The Kier molecular flexibility index (Phi) is 3.33. The van der Waals surface area contributed by atoms with Gasteiger partial charge in [0.05, 0.1) is 0 Å². The Balaban J connectivity index is 2.25. The molecule has 1 heterocycles. The normalized spacial score (nSPS) is 20.5. The van der Waals surface area contributed by atoms with Crippen LogP contribution in [0.4, 0.5) is 0 Å². The molecule has 96 valence electrons. The molecule has 0 N–H and O–H groups in total. The van der Waals surface area contributed by atoms with E-state index in [-0.39, 0.29) is 0 Å². The number of hydrogen-bond acceptors (Lipinski definition) is 1. The number of rotatable bonds is 2. The molecule has 2 nitrogen and oxygen atoms in total. The first-order valence-electron chi connectivity index (χ1n) is 6.91. The van der Waals surface area contributed by atoms with Crippen LogP contribution in [0, 0.1) is 10.8 Å². The minimum atomic E-state index is 0.374. The Bertz CT molecular complexity index is 365. The summed E-state index contributed by atoms with van der Waals surface area (Å²) in [5.41, 5.74) is 0.823. The van der Waals surface area contributed by atoms with Crippen molar-refractivity contribution in [2.45, 2.75) is 59.3 Å². The van der Waals surface area contributed by atoms with Crippen LogP contribution in [0.1, 0.15) is 58.7 Å². The van der Waals surface area contributed by atoms with Crippen LogP contribution in [-0.4, -0.2) is 9.55 Å². The molecule has 17 heavy (non-hydrogen) atoms. The number of imidazole rings is 1. The van der Waals surface area contributed by atoms with Crippen molar-refractivity contribution in [3.8, 4) is 0 Å². The minimum absolute atomic E-state index is 0.374. The molecule has 0 atom stereocenters. The van der Waals surface area contributed by atoms with Crippen molar-refractivity contribution in [2.75, 3.05) is 0 Å². The number of aromatic nitrogens is 2. The molecule has 0 aromatic carbocycles. The smallest absolute Gasteiger partial charge is 0.108 e. The van der Waals surface area contributed by atoms with Crippen molar-refractivity contribution >= 4 is 0 Å². The van der Waals surface area contributed by atoms with Gasteiger partial charge in [-0.2, -0.15) is 0 Å². The molecule has 0 spiro atoms. The van der Waals surface area contributed by atoms with E-state index in [4.69, 9.17) is 0 Å². The Morgan fingerprint density at radius 3 is 2.35 bits per heavy atom. The van der Waals surface area contributed by atoms with Gasteiger partial charge in [-0.15, -0.1) is 0 Å². The van der Waals surface area contributed by atoms with Gasteiger partial charge in [-0.3, -0.25) is 0 Å². The van der Waals surface area contributed by atoms with Gasteiger partial charge in [0.1, 0.15) is 5.82 Å². The van der Waals surface area contributed by atoms with Crippen LogP contribution in [0.15, 0.2) is 12.4 Å². The third-order valence-electron chi connectivity index (χ3n) is 4.82. The Hall–Kier alpha value is -0.790. The van der Waals surface area contributed by atoms with E-state index in [0.717, 1.165) is 6.42 Å². The summed E-state index contributed by atoms with van der Waals surface area (Å²) >= 11 is 0. The second-order valence-corrected chi connectivity index (χ2v) is 6.72. The third kappa shape index (κ3) is 2.41. The fraction of sp³-hybridized carbons (Fsp3) is 0.800. The van der Waals surface area contributed by atoms with Crippen molar-refractivity contribution in [3.05, 3.63) is 18.2 Å².